The molecule has 2 amide bonds. The summed E-state index contributed by atoms with van der Waals surface area (Å²) in [6, 6.07) is 10.1. The predicted octanol–water partition coefficient (Wildman–Crippen LogP) is 2.15. The molecule has 1 atom stereocenters. The Labute approximate surface area is 182 Å². The van der Waals surface area contributed by atoms with Crippen LogP contribution in [0, 0.1) is 0 Å². The Morgan fingerprint density at radius 3 is 2.63 bits per heavy atom. The van der Waals surface area contributed by atoms with Gasteiger partial charge in [-0.1, -0.05) is 36.2 Å². The minimum absolute atomic E-state index is 0.145. The second-order valence-corrected chi connectivity index (χ2v) is 8.04. The zero-order valence-electron chi connectivity index (χ0n) is 16.9. The van der Waals surface area contributed by atoms with Crippen LogP contribution in [0.1, 0.15) is 30.4 Å². The summed E-state index contributed by atoms with van der Waals surface area (Å²) < 4.78 is 0. The summed E-state index contributed by atoms with van der Waals surface area (Å²) in [6.07, 6.45) is 5.40. The fraction of sp³-hybridized carbons (Fsp3) is 0.409. The number of amides is 2. The molecule has 4 N–H and O–H groups in total. The summed E-state index contributed by atoms with van der Waals surface area (Å²) in [5, 5.41) is 6.38. The van der Waals surface area contributed by atoms with E-state index in [1.165, 1.54) is 6.42 Å². The van der Waals surface area contributed by atoms with Crippen LogP contribution in [-0.4, -0.2) is 47.4 Å². The average Bonchev–Trinajstić information content (AvgIpc) is 2.73. The average molecular weight is 430 g/mol. The minimum Gasteiger partial charge on any atom is -0.384 e. The summed E-state index contributed by atoms with van der Waals surface area (Å²) in [6.45, 7) is 2.45. The topological polar surface area (TPSA) is 100 Å². The van der Waals surface area contributed by atoms with E-state index in [1.807, 2.05) is 24.3 Å². The van der Waals surface area contributed by atoms with Crippen LogP contribution < -0.4 is 16.4 Å². The third-order valence-electron chi connectivity index (χ3n) is 5.11. The molecule has 0 bridgehead atoms. The SMILES string of the molecule is Nc1ccc(CNC(=O)[C@H](Cc2cccc(Cl)c2)NC(=O)CN2CCCCC2)cn1. The molecule has 1 aliphatic rings. The van der Waals surface area contributed by atoms with Gasteiger partial charge in [-0.15, -0.1) is 0 Å². The number of nitrogens with zero attached hydrogens (tertiary/aromatic N) is 2. The molecule has 1 aromatic heterocycles. The smallest absolute Gasteiger partial charge is 0.243 e. The maximum atomic E-state index is 12.9. The van der Waals surface area contributed by atoms with E-state index < -0.39 is 6.04 Å². The lowest BCUT2D eigenvalue weighted by atomic mass is 10.0. The highest BCUT2D eigenvalue weighted by atomic mass is 35.5. The maximum Gasteiger partial charge on any atom is 0.243 e. The van der Waals surface area contributed by atoms with Crippen LogP contribution in [0.25, 0.3) is 0 Å². The van der Waals surface area contributed by atoms with Crippen molar-refractivity contribution in [3.8, 4) is 0 Å². The molecule has 0 saturated carbocycles. The highest BCUT2D eigenvalue weighted by Gasteiger charge is 2.23. The highest BCUT2D eigenvalue weighted by molar-refractivity contribution is 6.30. The van der Waals surface area contributed by atoms with Crippen molar-refractivity contribution in [2.45, 2.75) is 38.3 Å². The number of aromatic nitrogens is 1. The Balaban J connectivity index is 1.63. The van der Waals surface area contributed by atoms with Gasteiger partial charge in [0.25, 0.3) is 0 Å². The molecule has 3 rings (SSSR count). The van der Waals surface area contributed by atoms with Crippen LogP contribution >= 0.6 is 11.6 Å². The van der Waals surface area contributed by atoms with Crippen molar-refractivity contribution < 1.29 is 9.59 Å². The van der Waals surface area contributed by atoms with Gasteiger partial charge in [-0.25, -0.2) is 4.98 Å². The molecular formula is C22H28ClN5O2. The van der Waals surface area contributed by atoms with Gasteiger partial charge in [0.05, 0.1) is 6.54 Å². The number of nitrogen functional groups attached to an aromatic ring is 1. The molecule has 1 aliphatic heterocycles. The van der Waals surface area contributed by atoms with Crippen molar-refractivity contribution in [2.24, 2.45) is 0 Å². The van der Waals surface area contributed by atoms with E-state index in [1.54, 1.807) is 18.3 Å². The normalized spacial score (nSPS) is 15.4. The summed E-state index contributed by atoms with van der Waals surface area (Å²) in [4.78, 5) is 31.7. The number of piperidine rings is 1. The van der Waals surface area contributed by atoms with Crippen molar-refractivity contribution in [1.29, 1.82) is 0 Å². The molecule has 2 aromatic rings. The molecule has 0 spiro atoms. The molecule has 8 heteroatoms. The molecule has 7 nitrogen and oxygen atoms in total. The van der Waals surface area contributed by atoms with E-state index in [0.29, 0.717) is 30.4 Å². The van der Waals surface area contributed by atoms with Crippen LogP contribution in [0.15, 0.2) is 42.6 Å². The first-order chi connectivity index (χ1) is 14.5. The minimum atomic E-state index is -0.692. The molecule has 1 fully saturated rings. The summed E-state index contributed by atoms with van der Waals surface area (Å²) in [7, 11) is 0. The quantitative estimate of drug-likeness (QED) is 0.597. The number of carbonyl (C=O) groups excluding carboxylic acids is 2. The van der Waals surface area contributed by atoms with Gasteiger partial charge in [0.15, 0.2) is 0 Å². The number of carbonyl (C=O) groups is 2. The number of pyridine rings is 1. The van der Waals surface area contributed by atoms with Crippen molar-refractivity contribution in [3.63, 3.8) is 0 Å². The van der Waals surface area contributed by atoms with Gasteiger partial charge in [0.2, 0.25) is 11.8 Å². The van der Waals surface area contributed by atoms with Gasteiger partial charge in [0.1, 0.15) is 11.9 Å². The van der Waals surface area contributed by atoms with Crippen molar-refractivity contribution >= 4 is 29.2 Å². The number of anilines is 1. The molecule has 1 aromatic carbocycles. The fourth-order valence-electron chi connectivity index (χ4n) is 3.52. The summed E-state index contributed by atoms with van der Waals surface area (Å²) >= 11 is 6.08. The lowest BCUT2D eigenvalue weighted by molar-refractivity contribution is -0.129. The number of benzene rings is 1. The standard InChI is InChI=1S/C22H28ClN5O2/c23-18-6-4-5-16(11-18)12-19(27-21(29)15-28-9-2-1-3-10-28)22(30)26-14-17-7-8-20(24)25-13-17/h4-8,11,13,19H,1-3,9-10,12,14-15H2,(H2,24,25)(H,26,30)(H,27,29)/t19-/m0/s1. The Morgan fingerprint density at radius 2 is 1.93 bits per heavy atom. The van der Waals surface area contributed by atoms with Gasteiger partial charge in [-0.3, -0.25) is 14.5 Å². The summed E-state index contributed by atoms with van der Waals surface area (Å²) in [5.74, 6) is 0.0286. The van der Waals surface area contributed by atoms with E-state index in [0.717, 1.165) is 37.1 Å². The highest BCUT2D eigenvalue weighted by Crippen LogP contribution is 2.13. The number of hydrogen-bond acceptors (Lipinski definition) is 5. The number of likely N-dealkylation sites (tertiary alicyclic amines) is 1. The Hall–Kier alpha value is -2.64. The third-order valence-corrected chi connectivity index (χ3v) is 5.35. The second-order valence-electron chi connectivity index (χ2n) is 7.60. The molecule has 0 aliphatic carbocycles. The number of nitrogens with two attached hydrogens (primary N) is 1. The molecule has 0 unspecified atom stereocenters. The van der Waals surface area contributed by atoms with Crippen LogP contribution in [0.5, 0.6) is 0 Å². The van der Waals surface area contributed by atoms with E-state index in [9.17, 15) is 9.59 Å². The van der Waals surface area contributed by atoms with Crippen molar-refractivity contribution in [1.82, 2.24) is 20.5 Å². The van der Waals surface area contributed by atoms with Crippen LogP contribution in [0.2, 0.25) is 5.02 Å². The van der Waals surface area contributed by atoms with Gasteiger partial charge in [-0.05, 0) is 55.3 Å². The van der Waals surface area contributed by atoms with Crippen LogP contribution in [0.4, 0.5) is 5.82 Å². The van der Waals surface area contributed by atoms with Crippen molar-refractivity contribution in [2.75, 3.05) is 25.4 Å². The zero-order valence-corrected chi connectivity index (χ0v) is 17.7. The van der Waals surface area contributed by atoms with E-state index in [-0.39, 0.29) is 11.8 Å². The Bertz CT molecular complexity index is 853. The summed E-state index contributed by atoms with van der Waals surface area (Å²) in [5.41, 5.74) is 7.32. The van der Waals surface area contributed by atoms with E-state index in [4.69, 9.17) is 17.3 Å². The number of rotatable bonds is 8. The maximum absolute atomic E-state index is 12.9. The van der Waals surface area contributed by atoms with Crippen molar-refractivity contribution in [3.05, 3.63) is 58.7 Å². The number of halogens is 1. The molecule has 1 saturated heterocycles. The predicted molar refractivity (Wildman–Crippen MR) is 118 cm³/mol. The second kappa shape index (κ2) is 10.9. The molecule has 30 heavy (non-hydrogen) atoms. The van der Waals surface area contributed by atoms with Gasteiger partial charge >= 0.3 is 0 Å². The monoisotopic (exact) mass is 429 g/mol. The molecule has 160 valence electrons. The van der Waals surface area contributed by atoms with Gasteiger partial charge in [-0.2, -0.15) is 0 Å². The largest absolute Gasteiger partial charge is 0.384 e. The van der Waals surface area contributed by atoms with E-state index >= 15 is 0 Å². The van der Waals surface area contributed by atoms with E-state index in [2.05, 4.69) is 20.5 Å². The lowest BCUT2D eigenvalue weighted by Crippen LogP contribution is -2.50. The number of hydrogen-bond donors (Lipinski definition) is 3. The lowest BCUT2D eigenvalue weighted by Gasteiger charge is -2.27. The Morgan fingerprint density at radius 1 is 1.13 bits per heavy atom. The number of nitrogens with one attached hydrogen (secondary N) is 2. The Kier molecular flexibility index (Phi) is 8.04. The first-order valence-corrected chi connectivity index (χ1v) is 10.6. The first kappa shape index (κ1) is 22.1. The zero-order chi connectivity index (χ0) is 21.3. The van der Waals surface area contributed by atoms with Crippen LogP contribution in [-0.2, 0) is 22.6 Å². The van der Waals surface area contributed by atoms with Crippen LogP contribution in [0.3, 0.4) is 0 Å². The molecule has 2 heterocycles. The fourth-order valence-corrected chi connectivity index (χ4v) is 3.74. The molecular weight excluding hydrogens is 402 g/mol. The van der Waals surface area contributed by atoms with Gasteiger partial charge < -0.3 is 16.4 Å². The third kappa shape index (κ3) is 7.00. The molecule has 0 radical (unpaired) electrons. The first-order valence-electron chi connectivity index (χ1n) is 10.2. The van der Waals surface area contributed by atoms with Gasteiger partial charge in [0, 0.05) is 24.2 Å².